The minimum atomic E-state index is 0.0907. The molecule has 2 aromatic rings. The summed E-state index contributed by atoms with van der Waals surface area (Å²) in [5, 5.41) is 0. The third kappa shape index (κ3) is 3.22. The summed E-state index contributed by atoms with van der Waals surface area (Å²) in [5.74, 6) is 1.02. The molecule has 4 heteroatoms. The number of nitrogens with zero attached hydrogens (tertiary/aromatic N) is 2. The molecule has 120 valence electrons. The first kappa shape index (κ1) is 15.9. The van der Waals surface area contributed by atoms with E-state index in [0.717, 1.165) is 35.8 Å². The van der Waals surface area contributed by atoms with E-state index in [-0.39, 0.29) is 5.91 Å². The van der Waals surface area contributed by atoms with Crippen molar-refractivity contribution < 1.29 is 4.79 Å². The summed E-state index contributed by atoms with van der Waals surface area (Å²) in [6, 6.07) is 14.3. The third-order valence-electron chi connectivity index (χ3n) is 4.22. The summed E-state index contributed by atoms with van der Waals surface area (Å²) in [7, 11) is 2.08. The first-order valence-electron chi connectivity index (χ1n) is 7.81. The zero-order valence-corrected chi connectivity index (χ0v) is 14.7. The van der Waals surface area contributed by atoms with Crippen LogP contribution in [-0.2, 0) is 5.75 Å². The highest BCUT2D eigenvalue weighted by molar-refractivity contribution is 7.97. The Morgan fingerprint density at radius 1 is 1.13 bits per heavy atom. The minimum Gasteiger partial charge on any atom is -0.371 e. The van der Waals surface area contributed by atoms with Crippen LogP contribution in [0.15, 0.2) is 42.5 Å². The van der Waals surface area contributed by atoms with E-state index in [0.29, 0.717) is 0 Å². The predicted molar refractivity (Wildman–Crippen MR) is 99.8 cm³/mol. The zero-order valence-electron chi connectivity index (χ0n) is 13.9. The molecule has 23 heavy (non-hydrogen) atoms. The number of carbonyl (C=O) groups is 1. The monoisotopic (exact) mass is 326 g/mol. The average Bonchev–Trinajstić information content (AvgIpc) is 2.55. The fourth-order valence-corrected chi connectivity index (χ4v) is 3.50. The molecule has 1 heterocycles. The lowest BCUT2D eigenvalue weighted by Crippen LogP contribution is -2.42. The molecule has 0 saturated heterocycles. The van der Waals surface area contributed by atoms with Gasteiger partial charge in [-0.25, -0.2) is 0 Å². The van der Waals surface area contributed by atoms with Crippen molar-refractivity contribution in [1.29, 1.82) is 0 Å². The van der Waals surface area contributed by atoms with Gasteiger partial charge in [0.25, 0.3) is 5.91 Å². The molecule has 0 spiro atoms. The molecule has 2 aromatic carbocycles. The summed E-state index contributed by atoms with van der Waals surface area (Å²) in [6.45, 7) is 3.64. The lowest BCUT2D eigenvalue weighted by atomic mass is 10.1. The number of carbonyl (C=O) groups excluding carboxylic acids is 1. The molecule has 1 aliphatic heterocycles. The molecule has 1 aliphatic rings. The highest BCUT2D eigenvalue weighted by Crippen LogP contribution is 2.34. The molecule has 1 amide bonds. The number of anilines is 2. The van der Waals surface area contributed by atoms with Gasteiger partial charge in [-0.2, -0.15) is 11.8 Å². The molecule has 0 unspecified atom stereocenters. The maximum atomic E-state index is 13.0. The summed E-state index contributed by atoms with van der Waals surface area (Å²) < 4.78 is 0. The van der Waals surface area contributed by atoms with Crippen LogP contribution in [0.2, 0.25) is 0 Å². The summed E-state index contributed by atoms with van der Waals surface area (Å²) in [6.07, 6.45) is 2.08. The lowest BCUT2D eigenvalue weighted by molar-refractivity contribution is 0.0986. The molecular formula is C19H22N2OS. The Hall–Kier alpha value is -1.94. The van der Waals surface area contributed by atoms with E-state index in [1.54, 1.807) is 11.8 Å². The van der Waals surface area contributed by atoms with Crippen molar-refractivity contribution >= 4 is 29.0 Å². The number of benzene rings is 2. The van der Waals surface area contributed by atoms with Crippen LogP contribution in [-0.4, -0.2) is 32.3 Å². The number of hydrogen-bond donors (Lipinski definition) is 0. The van der Waals surface area contributed by atoms with Gasteiger partial charge in [-0.05, 0) is 48.6 Å². The molecule has 0 atom stereocenters. The minimum absolute atomic E-state index is 0.0907. The summed E-state index contributed by atoms with van der Waals surface area (Å²) in [5.41, 5.74) is 5.28. The Morgan fingerprint density at radius 2 is 1.96 bits per heavy atom. The van der Waals surface area contributed by atoms with Crippen molar-refractivity contribution in [2.45, 2.75) is 12.7 Å². The number of likely N-dealkylation sites (N-methyl/N-ethyl adjacent to an activating group) is 1. The van der Waals surface area contributed by atoms with Gasteiger partial charge in [0.2, 0.25) is 0 Å². The molecule has 0 N–H and O–H groups in total. The Morgan fingerprint density at radius 3 is 2.74 bits per heavy atom. The van der Waals surface area contributed by atoms with Gasteiger partial charge in [-0.15, -0.1) is 0 Å². The van der Waals surface area contributed by atoms with E-state index in [2.05, 4.69) is 49.4 Å². The second kappa shape index (κ2) is 6.67. The third-order valence-corrected chi connectivity index (χ3v) is 4.84. The SMILES string of the molecule is CSCc1cccc(C(=O)N2CCN(C)c3ccc(C)cc32)c1. The predicted octanol–water partition coefficient (Wildman–Crippen LogP) is 3.95. The Labute approximate surface area is 142 Å². The van der Waals surface area contributed by atoms with Gasteiger partial charge in [0.15, 0.2) is 0 Å². The highest BCUT2D eigenvalue weighted by atomic mass is 32.2. The van der Waals surface area contributed by atoms with Crippen molar-refractivity contribution in [3.8, 4) is 0 Å². The molecule has 0 bridgehead atoms. The van der Waals surface area contributed by atoms with Crippen LogP contribution in [0.3, 0.4) is 0 Å². The number of hydrogen-bond acceptors (Lipinski definition) is 3. The van der Waals surface area contributed by atoms with Crippen LogP contribution in [0.25, 0.3) is 0 Å². The van der Waals surface area contributed by atoms with Crippen molar-refractivity contribution in [2.24, 2.45) is 0 Å². The van der Waals surface area contributed by atoms with Gasteiger partial charge in [0, 0.05) is 31.5 Å². The van der Waals surface area contributed by atoms with Gasteiger partial charge in [-0.3, -0.25) is 4.79 Å². The second-order valence-electron chi connectivity index (χ2n) is 6.00. The normalized spacial score (nSPS) is 13.9. The van der Waals surface area contributed by atoms with Gasteiger partial charge in [0.05, 0.1) is 11.4 Å². The molecular weight excluding hydrogens is 304 g/mol. The Kier molecular flexibility index (Phi) is 4.62. The maximum Gasteiger partial charge on any atom is 0.258 e. The van der Waals surface area contributed by atoms with Crippen LogP contribution >= 0.6 is 11.8 Å². The van der Waals surface area contributed by atoms with Crippen molar-refractivity contribution in [3.05, 3.63) is 59.2 Å². The standard InChI is InChI=1S/C19H22N2OS/c1-14-7-8-17-18(11-14)21(10-9-20(17)2)19(22)16-6-4-5-15(12-16)13-23-3/h4-8,11-12H,9-10,13H2,1-3H3. The van der Waals surface area contributed by atoms with Gasteiger partial charge >= 0.3 is 0 Å². The fourth-order valence-electron chi connectivity index (χ4n) is 2.99. The largest absolute Gasteiger partial charge is 0.371 e. The van der Waals surface area contributed by atoms with Crippen LogP contribution in [0.5, 0.6) is 0 Å². The smallest absolute Gasteiger partial charge is 0.258 e. The lowest BCUT2D eigenvalue weighted by Gasteiger charge is -2.36. The van der Waals surface area contributed by atoms with E-state index < -0.39 is 0 Å². The fraction of sp³-hybridized carbons (Fsp3) is 0.316. The highest BCUT2D eigenvalue weighted by Gasteiger charge is 2.26. The van der Waals surface area contributed by atoms with Crippen LogP contribution in [0.4, 0.5) is 11.4 Å². The van der Waals surface area contributed by atoms with Crippen molar-refractivity contribution in [2.75, 3.05) is 36.2 Å². The quantitative estimate of drug-likeness (QED) is 0.853. The van der Waals surface area contributed by atoms with Gasteiger partial charge in [0.1, 0.15) is 0 Å². The number of amides is 1. The zero-order chi connectivity index (χ0) is 16.4. The Balaban J connectivity index is 1.96. The molecule has 0 aliphatic carbocycles. The molecule has 3 nitrogen and oxygen atoms in total. The van der Waals surface area contributed by atoms with E-state index in [4.69, 9.17) is 0 Å². The topological polar surface area (TPSA) is 23.6 Å². The number of thioether (sulfide) groups is 1. The van der Waals surface area contributed by atoms with Gasteiger partial charge in [-0.1, -0.05) is 18.2 Å². The second-order valence-corrected chi connectivity index (χ2v) is 6.87. The first-order chi connectivity index (χ1) is 11.1. The van der Waals surface area contributed by atoms with Crippen LogP contribution < -0.4 is 9.80 Å². The number of aryl methyl sites for hydroxylation is 1. The van der Waals surface area contributed by atoms with Crippen molar-refractivity contribution in [3.63, 3.8) is 0 Å². The molecule has 0 radical (unpaired) electrons. The first-order valence-corrected chi connectivity index (χ1v) is 9.21. The van der Waals surface area contributed by atoms with Crippen LogP contribution in [0.1, 0.15) is 21.5 Å². The molecule has 0 saturated carbocycles. The number of fused-ring (bicyclic) bond motifs is 1. The van der Waals surface area contributed by atoms with E-state index in [1.165, 1.54) is 11.1 Å². The summed E-state index contributed by atoms with van der Waals surface area (Å²) in [4.78, 5) is 17.2. The average molecular weight is 326 g/mol. The van der Waals surface area contributed by atoms with E-state index in [1.807, 2.05) is 23.1 Å². The molecule has 0 fully saturated rings. The van der Waals surface area contributed by atoms with Crippen LogP contribution in [0, 0.1) is 6.92 Å². The van der Waals surface area contributed by atoms with E-state index >= 15 is 0 Å². The maximum absolute atomic E-state index is 13.0. The molecule has 3 rings (SSSR count). The Bertz CT molecular complexity index is 729. The van der Waals surface area contributed by atoms with Crippen molar-refractivity contribution in [1.82, 2.24) is 0 Å². The number of rotatable bonds is 3. The molecule has 0 aromatic heterocycles. The van der Waals surface area contributed by atoms with E-state index in [9.17, 15) is 4.79 Å². The summed E-state index contributed by atoms with van der Waals surface area (Å²) >= 11 is 1.77. The van der Waals surface area contributed by atoms with Gasteiger partial charge < -0.3 is 9.80 Å².